The molecule has 0 aliphatic carbocycles. The summed E-state index contributed by atoms with van der Waals surface area (Å²) < 4.78 is 0.907. The van der Waals surface area contributed by atoms with Crippen molar-refractivity contribution in [3.05, 3.63) is 15.9 Å². The second-order valence-electron chi connectivity index (χ2n) is 2.51. The van der Waals surface area contributed by atoms with Crippen LogP contribution in [0.5, 0.6) is 0 Å². The third-order valence-corrected chi connectivity index (χ3v) is 2.45. The van der Waals surface area contributed by atoms with Gasteiger partial charge in [0.25, 0.3) is 0 Å². The smallest absolute Gasteiger partial charge is 0.131 e. The van der Waals surface area contributed by atoms with E-state index in [0.29, 0.717) is 0 Å². The van der Waals surface area contributed by atoms with Gasteiger partial charge >= 0.3 is 0 Å². The van der Waals surface area contributed by atoms with E-state index in [1.54, 1.807) is 0 Å². The number of nitrogens with two attached hydrogens (primary N) is 1. The molecule has 0 amide bonds. The van der Waals surface area contributed by atoms with Crippen LogP contribution >= 0.6 is 15.9 Å². The number of halogens is 1. The van der Waals surface area contributed by atoms with Crippen LogP contribution in [0.25, 0.3) is 0 Å². The molecule has 0 saturated carbocycles. The third kappa shape index (κ3) is 2.04. The summed E-state index contributed by atoms with van der Waals surface area (Å²) in [6.45, 7) is 2.77. The third-order valence-electron chi connectivity index (χ3n) is 1.68. The topological polar surface area (TPSA) is 54.7 Å². The average molecular weight is 218 g/mol. The first-order valence-electron chi connectivity index (χ1n) is 3.65. The summed E-state index contributed by atoms with van der Waals surface area (Å²) in [7, 11) is 0. The van der Waals surface area contributed by atoms with Crippen LogP contribution in [0.15, 0.2) is 4.60 Å². The predicted octanol–water partition coefficient (Wildman–Crippen LogP) is 1.37. The molecule has 0 radical (unpaired) electrons. The minimum absolute atomic E-state index is 0.732. The number of aryl methyl sites for hydroxylation is 1. The Morgan fingerprint density at radius 2 is 2.36 bits per heavy atom. The lowest BCUT2D eigenvalue weighted by Gasteiger charge is -1.95. The minimum atomic E-state index is 0.732. The molecular formula is C7H12BrN3. The van der Waals surface area contributed by atoms with Gasteiger partial charge in [-0.3, -0.25) is 5.10 Å². The summed E-state index contributed by atoms with van der Waals surface area (Å²) in [5.74, 6) is 0. The number of aromatic amines is 1. The van der Waals surface area contributed by atoms with Crippen molar-refractivity contribution in [2.75, 3.05) is 6.54 Å². The highest BCUT2D eigenvalue weighted by Gasteiger charge is 2.04. The quantitative estimate of drug-likeness (QED) is 0.804. The van der Waals surface area contributed by atoms with Crippen LogP contribution in [0.4, 0.5) is 0 Å². The molecule has 4 heteroatoms. The van der Waals surface area contributed by atoms with E-state index < -0.39 is 0 Å². The Hall–Kier alpha value is -0.350. The Labute approximate surface area is 74.5 Å². The van der Waals surface area contributed by atoms with Gasteiger partial charge in [0.1, 0.15) is 4.60 Å². The molecule has 3 N–H and O–H groups in total. The lowest BCUT2D eigenvalue weighted by molar-refractivity contribution is 0.799. The number of nitrogens with zero attached hydrogens (tertiary/aromatic N) is 1. The summed E-state index contributed by atoms with van der Waals surface area (Å²) in [5.41, 5.74) is 7.76. The Morgan fingerprint density at radius 3 is 2.82 bits per heavy atom. The molecule has 0 saturated heterocycles. The van der Waals surface area contributed by atoms with Crippen molar-refractivity contribution in [1.82, 2.24) is 10.2 Å². The number of hydrogen-bond acceptors (Lipinski definition) is 2. The fourth-order valence-corrected chi connectivity index (χ4v) is 1.26. The molecule has 0 aromatic carbocycles. The molecule has 0 spiro atoms. The summed E-state index contributed by atoms with van der Waals surface area (Å²) in [6.07, 6.45) is 2.00. The largest absolute Gasteiger partial charge is 0.330 e. The lowest BCUT2D eigenvalue weighted by Crippen LogP contribution is -2.01. The molecule has 1 heterocycles. The van der Waals surface area contributed by atoms with Crippen LogP contribution in [-0.2, 0) is 6.42 Å². The van der Waals surface area contributed by atoms with Gasteiger partial charge in [0.2, 0.25) is 0 Å². The maximum Gasteiger partial charge on any atom is 0.131 e. The van der Waals surface area contributed by atoms with Gasteiger partial charge in [0.15, 0.2) is 0 Å². The van der Waals surface area contributed by atoms with Gasteiger partial charge in [-0.2, -0.15) is 5.10 Å². The maximum absolute atomic E-state index is 5.39. The standard InChI is InChI=1S/C7H12BrN3/c1-5-6(3-2-4-9)10-11-7(5)8/h2-4,9H2,1H3,(H,10,11). The van der Waals surface area contributed by atoms with Crippen molar-refractivity contribution in [2.24, 2.45) is 5.73 Å². The number of aromatic nitrogens is 2. The zero-order valence-electron chi connectivity index (χ0n) is 6.52. The van der Waals surface area contributed by atoms with Gasteiger partial charge in [-0.05, 0) is 42.2 Å². The second-order valence-corrected chi connectivity index (χ2v) is 3.26. The molecule has 11 heavy (non-hydrogen) atoms. The molecule has 1 rings (SSSR count). The molecule has 0 bridgehead atoms. The molecule has 0 fully saturated rings. The second kappa shape index (κ2) is 3.88. The van der Waals surface area contributed by atoms with E-state index in [0.717, 1.165) is 24.0 Å². The van der Waals surface area contributed by atoms with Crippen LogP contribution in [0.2, 0.25) is 0 Å². The van der Waals surface area contributed by atoms with Crippen molar-refractivity contribution in [3.63, 3.8) is 0 Å². The first-order valence-corrected chi connectivity index (χ1v) is 4.44. The van der Waals surface area contributed by atoms with E-state index in [2.05, 4.69) is 26.1 Å². The molecule has 1 aromatic rings. The molecule has 0 atom stereocenters. The lowest BCUT2D eigenvalue weighted by atomic mass is 10.2. The van der Waals surface area contributed by atoms with Gasteiger partial charge in [-0.25, -0.2) is 0 Å². The molecule has 1 aromatic heterocycles. The average Bonchev–Trinajstić information content (AvgIpc) is 2.31. The highest BCUT2D eigenvalue weighted by molar-refractivity contribution is 9.10. The van der Waals surface area contributed by atoms with Crippen molar-refractivity contribution in [2.45, 2.75) is 19.8 Å². The van der Waals surface area contributed by atoms with Gasteiger partial charge in [0, 0.05) is 11.3 Å². The van der Waals surface area contributed by atoms with Crippen LogP contribution in [-0.4, -0.2) is 16.7 Å². The summed E-state index contributed by atoms with van der Waals surface area (Å²) in [5, 5.41) is 6.98. The zero-order chi connectivity index (χ0) is 8.27. The van der Waals surface area contributed by atoms with Crippen molar-refractivity contribution in [1.29, 1.82) is 0 Å². The van der Waals surface area contributed by atoms with Crippen LogP contribution < -0.4 is 5.73 Å². The van der Waals surface area contributed by atoms with E-state index in [-0.39, 0.29) is 0 Å². The SMILES string of the molecule is Cc1c(Br)n[nH]c1CCCN. The van der Waals surface area contributed by atoms with E-state index in [4.69, 9.17) is 5.73 Å². The van der Waals surface area contributed by atoms with Gasteiger partial charge in [0.05, 0.1) is 0 Å². The number of nitrogens with one attached hydrogen (secondary N) is 1. The van der Waals surface area contributed by atoms with Gasteiger partial charge < -0.3 is 5.73 Å². The zero-order valence-corrected chi connectivity index (χ0v) is 8.11. The normalized spacial score (nSPS) is 10.5. The number of H-pyrrole nitrogens is 1. The van der Waals surface area contributed by atoms with Crippen LogP contribution in [0.3, 0.4) is 0 Å². The fraction of sp³-hybridized carbons (Fsp3) is 0.571. The van der Waals surface area contributed by atoms with Crippen LogP contribution in [0, 0.1) is 6.92 Å². The monoisotopic (exact) mass is 217 g/mol. The van der Waals surface area contributed by atoms with Crippen molar-refractivity contribution in [3.8, 4) is 0 Å². The highest BCUT2D eigenvalue weighted by Crippen LogP contribution is 2.16. The molecule has 3 nitrogen and oxygen atoms in total. The van der Waals surface area contributed by atoms with Gasteiger partial charge in [-0.15, -0.1) is 0 Å². The summed E-state index contributed by atoms with van der Waals surface area (Å²) in [6, 6.07) is 0. The number of hydrogen-bond donors (Lipinski definition) is 2. The summed E-state index contributed by atoms with van der Waals surface area (Å²) >= 11 is 3.33. The van der Waals surface area contributed by atoms with E-state index in [1.807, 2.05) is 6.92 Å². The minimum Gasteiger partial charge on any atom is -0.330 e. The molecular weight excluding hydrogens is 206 g/mol. The van der Waals surface area contributed by atoms with Gasteiger partial charge in [-0.1, -0.05) is 0 Å². The molecule has 0 aliphatic rings. The van der Waals surface area contributed by atoms with E-state index in [1.165, 1.54) is 11.3 Å². The summed E-state index contributed by atoms with van der Waals surface area (Å²) in [4.78, 5) is 0. The Balaban J connectivity index is 2.63. The molecule has 62 valence electrons. The first-order chi connectivity index (χ1) is 5.25. The molecule has 0 unspecified atom stereocenters. The highest BCUT2D eigenvalue weighted by atomic mass is 79.9. The van der Waals surface area contributed by atoms with Crippen molar-refractivity contribution >= 4 is 15.9 Å². The Kier molecular flexibility index (Phi) is 3.08. The molecule has 0 aliphatic heterocycles. The Morgan fingerprint density at radius 1 is 1.64 bits per heavy atom. The van der Waals surface area contributed by atoms with Crippen LogP contribution in [0.1, 0.15) is 17.7 Å². The maximum atomic E-state index is 5.39. The predicted molar refractivity (Wildman–Crippen MR) is 48.4 cm³/mol. The fourth-order valence-electron chi connectivity index (χ4n) is 0.931. The Bertz CT molecular complexity index is 232. The van der Waals surface area contributed by atoms with E-state index >= 15 is 0 Å². The number of rotatable bonds is 3. The first kappa shape index (κ1) is 8.74. The van der Waals surface area contributed by atoms with Crippen molar-refractivity contribution < 1.29 is 0 Å². The van der Waals surface area contributed by atoms with E-state index in [9.17, 15) is 0 Å².